The molecular formula is C18H15NO3S. The van der Waals surface area contributed by atoms with Gasteiger partial charge in [0.15, 0.2) is 0 Å². The average Bonchev–Trinajstić information content (AvgIpc) is 3.09. The fourth-order valence-corrected chi connectivity index (χ4v) is 3.16. The van der Waals surface area contributed by atoms with E-state index in [0.717, 1.165) is 16.2 Å². The summed E-state index contributed by atoms with van der Waals surface area (Å²) in [5, 5.41) is 9.11. The molecule has 1 aliphatic heterocycles. The minimum absolute atomic E-state index is 0.140. The van der Waals surface area contributed by atoms with E-state index in [1.165, 1.54) is 11.8 Å². The molecule has 0 saturated carbocycles. The van der Waals surface area contributed by atoms with Crippen LogP contribution in [0.5, 0.6) is 0 Å². The van der Waals surface area contributed by atoms with Crippen LogP contribution in [0.1, 0.15) is 22.3 Å². The Labute approximate surface area is 139 Å². The van der Waals surface area contributed by atoms with Gasteiger partial charge in [-0.2, -0.15) is 5.26 Å². The lowest BCUT2D eigenvalue weighted by Crippen LogP contribution is -2.17. The Balaban J connectivity index is 1.67. The van der Waals surface area contributed by atoms with Gasteiger partial charge in [-0.1, -0.05) is 23.9 Å². The van der Waals surface area contributed by atoms with Crippen LogP contribution in [0.4, 0.5) is 0 Å². The Bertz CT molecular complexity index is 731. The van der Waals surface area contributed by atoms with Gasteiger partial charge in [0, 0.05) is 16.2 Å². The van der Waals surface area contributed by atoms with E-state index in [1.807, 2.05) is 30.3 Å². The second kappa shape index (κ2) is 7.32. The van der Waals surface area contributed by atoms with E-state index in [4.69, 9.17) is 14.7 Å². The number of hydrogen-bond donors (Lipinski definition) is 0. The summed E-state index contributed by atoms with van der Waals surface area (Å²) in [5.41, 5.74) is 1.16. The van der Waals surface area contributed by atoms with Gasteiger partial charge in [0.25, 0.3) is 0 Å². The molecule has 0 bridgehead atoms. The van der Waals surface area contributed by atoms with E-state index in [1.54, 1.807) is 18.2 Å². The number of rotatable bonds is 4. The topological polar surface area (TPSA) is 59.3 Å². The van der Waals surface area contributed by atoms with Crippen molar-refractivity contribution in [2.45, 2.75) is 22.3 Å². The largest absolute Gasteiger partial charge is 0.456 e. The fourth-order valence-electron chi connectivity index (χ4n) is 2.26. The van der Waals surface area contributed by atoms with Crippen LogP contribution in [0, 0.1) is 11.3 Å². The van der Waals surface area contributed by atoms with Crippen LogP contribution in [0.25, 0.3) is 0 Å². The third-order valence-corrected chi connectivity index (χ3v) is 4.57. The SMILES string of the molecule is N#Cc1ccccc1Sc1ccc(C(=O)O[C@@H]2CCOC2)cc1. The summed E-state index contributed by atoms with van der Waals surface area (Å²) in [6.07, 6.45) is 0.615. The van der Waals surface area contributed by atoms with E-state index in [2.05, 4.69) is 6.07 Å². The van der Waals surface area contributed by atoms with Gasteiger partial charge in [-0.25, -0.2) is 4.79 Å². The van der Waals surface area contributed by atoms with Crippen LogP contribution in [0.2, 0.25) is 0 Å². The van der Waals surface area contributed by atoms with Gasteiger partial charge >= 0.3 is 5.97 Å². The van der Waals surface area contributed by atoms with Crippen molar-refractivity contribution in [3.63, 3.8) is 0 Å². The Morgan fingerprint density at radius 3 is 2.70 bits per heavy atom. The maximum absolute atomic E-state index is 12.0. The zero-order valence-corrected chi connectivity index (χ0v) is 13.2. The first kappa shape index (κ1) is 15.6. The third kappa shape index (κ3) is 3.92. The number of nitrogens with zero attached hydrogens (tertiary/aromatic N) is 1. The van der Waals surface area contributed by atoms with Gasteiger partial charge in [-0.3, -0.25) is 0 Å². The van der Waals surface area contributed by atoms with Gasteiger partial charge in [-0.05, 0) is 36.4 Å². The van der Waals surface area contributed by atoms with Gasteiger partial charge in [0.2, 0.25) is 0 Å². The molecule has 0 spiro atoms. The van der Waals surface area contributed by atoms with E-state index in [9.17, 15) is 4.79 Å². The number of hydrogen-bond acceptors (Lipinski definition) is 5. The van der Waals surface area contributed by atoms with E-state index in [0.29, 0.717) is 24.3 Å². The first-order valence-electron chi connectivity index (χ1n) is 7.32. The Morgan fingerprint density at radius 1 is 1.22 bits per heavy atom. The summed E-state index contributed by atoms with van der Waals surface area (Å²) >= 11 is 1.50. The van der Waals surface area contributed by atoms with Crippen molar-refractivity contribution < 1.29 is 14.3 Å². The lowest BCUT2D eigenvalue weighted by molar-refractivity contribution is 0.0270. The van der Waals surface area contributed by atoms with Crippen molar-refractivity contribution in [1.29, 1.82) is 5.26 Å². The summed E-state index contributed by atoms with van der Waals surface area (Å²) in [4.78, 5) is 13.9. The van der Waals surface area contributed by atoms with Crippen LogP contribution in [0.3, 0.4) is 0 Å². The normalized spacial score (nSPS) is 16.7. The van der Waals surface area contributed by atoms with Crippen LogP contribution >= 0.6 is 11.8 Å². The van der Waals surface area contributed by atoms with Crippen LogP contribution < -0.4 is 0 Å². The number of carbonyl (C=O) groups excluding carboxylic acids is 1. The van der Waals surface area contributed by atoms with Crippen molar-refractivity contribution in [2.24, 2.45) is 0 Å². The van der Waals surface area contributed by atoms with Crippen LogP contribution in [-0.2, 0) is 9.47 Å². The Hall–Kier alpha value is -2.29. The summed E-state index contributed by atoms with van der Waals surface area (Å²) < 4.78 is 10.6. The molecule has 116 valence electrons. The predicted octanol–water partition coefficient (Wildman–Crippen LogP) is 3.66. The van der Waals surface area contributed by atoms with E-state index < -0.39 is 0 Å². The number of esters is 1. The Kier molecular flexibility index (Phi) is 4.96. The van der Waals surface area contributed by atoms with Crippen LogP contribution in [-0.4, -0.2) is 25.3 Å². The molecule has 2 aromatic carbocycles. The standard InChI is InChI=1S/C18H15NO3S/c19-11-14-3-1-2-4-17(14)23-16-7-5-13(6-8-16)18(20)22-15-9-10-21-12-15/h1-8,15H,9-10,12H2/t15-/m1/s1. The number of carbonyl (C=O) groups is 1. The van der Waals surface area contributed by atoms with Gasteiger partial charge in [-0.15, -0.1) is 0 Å². The molecule has 1 heterocycles. The molecule has 1 aliphatic rings. The number of benzene rings is 2. The highest BCUT2D eigenvalue weighted by Gasteiger charge is 2.20. The predicted molar refractivity (Wildman–Crippen MR) is 86.4 cm³/mol. The molecule has 1 fully saturated rings. The summed E-state index contributed by atoms with van der Waals surface area (Å²) in [7, 11) is 0. The van der Waals surface area contributed by atoms with Crippen molar-refractivity contribution >= 4 is 17.7 Å². The van der Waals surface area contributed by atoms with Crippen molar-refractivity contribution in [1.82, 2.24) is 0 Å². The summed E-state index contributed by atoms with van der Waals surface area (Å²) in [6, 6.07) is 16.8. The van der Waals surface area contributed by atoms with Crippen molar-refractivity contribution in [3.05, 3.63) is 59.7 Å². The highest BCUT2D eigenvalue weighted by Crippen LogP contribution is 2.30. The molecular weight excluding hydrogens is 310 g/mol. The minimum atomic E-state index is -0.325. The molecule has 4 nitrogen and oxygen atoms in total. The van der Waals surface area contributed by atoms with Crippen molar-refractivity contribution in [2.75, 3.05) is 13.2 Å². The fraction of sp³-hybridized carbons (Fsp3) is 0.222. The second-order valence-corrected chi connectivity index (χ2v) is 6.24. The molecule has 0 radical (unpaired) electrons. The van der Waals surface area contributed by atoms with Gasteiger partial charge < -0.3 is 9.47 Å². The zero-order chi connectivity index (χ0) is 16.1. The zero-order valence-electron chi connectivity index (χ0n) is 12.4. The molecule has 0 unspecified atom stereocenters. The third-order valence-electron chi connectivity index (χ3n) is 3.49. The van der Waals surface area contributed by atoms with E-state index >= 15 is 0 Å². The average molecular weight is 325 g/mol. The minimum Gasteiger partial charge on any atom is -0.456 e. The summed E-state index contributed by atoms with van der Waals surface area (Å²) in [6.45, 7) is 1.12. The molecule has 0 aliphatic carbocycles. The van der Waals surface area contributed by atoms with Crippen molar-refractivity contribution in [3.8, 4) is 6.07 Å². The van der Waals surface area contributed by atoms with Crippen LogP contribution in [0.15, 0.2) is 58.3 Å². The maximum atomic E-state index is 12.0. The second-order valence-electron chi connectivity index (χ2n) is 5.13. The Morgan fingerprint density at radius 2 is 2.00 bits per heavy atom. The van der Waals surface area contributed by atoms with E-state index in [-0.39, 0.29) is 12.1 Å². The molecule has 23 heavy (non-hydrogen) atoms. The molecule has 0 amide bonds. The number of ether oxygens (including phenoxy) is 2. The van der Waals surface area contributed by atoms with Gasteiger partial charge in [0.1, 0.15) is 12.2 Å². The lowest BCUT2D eigenvalue weighted by atomic mass is 10.2. The number of nitriles is 1. The molecule has 1 saturated heterocycles. The molecule has 5 heteroatoms. The molecule has 0 aromatic heterocycles. The first-order chi connectivity index (χ1) is 11.3. The molecule has 0 N–H and O–H groups in total. The first-order valence-corrected chi connectivity index (χ1v) is 8.13. The highest BCUT2D eigenvalue weighted by atomic mass is 32.2. The quantitative estimate of drug-likeness (QED) is 0.803. The smallest absolute Gasteiger partial charge is 0.338 e. The molecule has 2 aromatic rings. The monoisotopic (exact) mass is 325 g/mol. The lowest BCUT2D eigenvalue weighted by Gasteiger charge is -2.10. The van der Waals surface area contributed by atoms with Gasteiger partial charge in [0.05, 0.1) is 24.3 Å². The molecule has 3 rings (SSSR count). The maximum Gasteiger partial charge on any atom is 0.338 e. The molecule has 1 atom stereocenters. The highest BCUT2D eigenvalue weighted by molar-refractivity contribution is 7.99. The summed E-state index contributed by atoms with van der Waals surface area (Å²) in [5.74, 6) is -0.325.